The minimum atomic E-state index is -0.664. The number of rotatable bonds is 5. The van der Waals surface area contributed by atoms with Crippen LogP contribution in [0, 0.1) is 0 Å². The van der Waals surface area contributed by atoms with Crippen LogP contribution in [0.25, 0.3) is 0 Å². The van der Waals surface area contributed by atoms with E-state index in [1.54, 1.807) is 56.5 Å². The first kappa shape index (κ1) is 16.5. The third-order valence-electron chi connectivity index (χ3n) is 2.93. The minimum absolute atomic E-state index is 0.283. The van der Waals surface area contributed by atoms with Crippen LogP contribution in [0.15, 0.2) is 42.5 Å². The van der Waals surface area contributed by atoms with E-state index in [0.29, 0.717) is 21.5 Å². The fraction of sp³-hybridized carbons (Fsp3) is 0.188. The van der Waals surface area contributed by atoms with Gasteiger partial charge in [-0.3, -0.25) is 4.79 Å². The van der Waals surface area contributed by atoms with Gasteiger partial charge in [0.25, 0.3) is 5.91 Å². The van der Waals surface area contributed by atoms with E-state index in [0.717, 1.165) is 5.75 Å². The second-order valence-electron chi connectivity index (χ2n) is 4.55. The standard InChI is InChI=1S/C16H15Cl2NO3/c1-10(22-13-6-4-12(21-2)5-7-13)16(20)19-11-3-8-14(17)15(18)9-11/h3-10H,1-2H3,(H,19,20)/t10-/m1/s1. The van der Waals surface area contributed by atoms with Crippen LogP contribution in [-0.2, 0) is 4.79 Å². The molecule has 0 spiro atoms. The van der Waals surface area contributed by atoms with E-state index in [2.05, 4.69) is 5.32 Å². The highest BCUT2D eigenvalue weighted by molar-refractivity contribution is 6.42. The molecule has 2 rings (SSSR count). The maximum Gasteiger partial charge on any atom is 0.265 e. The summed E-state index contributed by atoms with van der Waals surface area (Å²) >= 11 is 11.7. The van der Waals surface area contributed by atoms with E-state index in [9.17, 15) is 4.79 Å². The molecule has 1 N–H and O–H groups in total. The smallest absolute Gasteiger partial charge is 0.265 e. The molecule has 0 unspecified atom stereocenters. The molecule has 0 saturated carbocycles. The molecule has 0 saturated heterocycles. The average Bonchev–Trinajstić information content (AvgIpc) is 2.51. The van der Waals surface area contributed by atoms with Gasteiger partial charge in [-0.15, -0.1) is 0 Å². The highest BCUT2D eigenvalue weighted by Gasteiger charge is 2.15. The van der Waals surface area contributed by atoms with Gasteiger partial charge in [-0.2, -0.15) is 0 Å². The lowest BCUT2D eigenvalue weighted by Gasteiger charge is -2.15. The molecule has 116 valence electrons. The highest BCUT2D eigenvalue weighted by Crippen LogP contribution is 2.25. The normalized spacial score (nSPS) is 11.6. The zero-order valence-corrected chi connectivity index (χ0v) is 13.6. The van der Waals surface area contributed by atoms with E-state index >= 15 is 0 Å². The zero-order chi connectivity index (χ0) is 16.1. The Kier molecular flexibility index (Phi) is 5.52. The van der Waals surface area contributed by atoms with Crippen LogP contribution in [0.4, 0.5) is 5.69 Å². The summed E-state index contributed by atoms with van der Waals surface area (Å²) in [7, 11) is 1.59. The van der Waals surface area contributed by atoms with Gasteiger partial charge in [-0.25, -0.2) is 0 Å². The summed E-state index contributed by atoms with van der Waals surface area (Å²) in [5.41, 5.74) is 0.560. The summed E-state index contributed by atoms with van der Waals surface area (Å²) in [6, 6.07) is 11.9. The summed E-state index contributed by atoms with van der Waals surface area (Å²) in [5.74, 6) is 1.02. The molecule has 6 heteroatoms. The Hall–Kier alpha value is -1.91. The lowest BCUT2D eigenvalue weighted by molar-refractivity contribution is -0.122. The van der Waals surface area contributed by atoms with Gasteiger partial charge < -0.3 is 14.8 Å². The first-order valence-electron chi connectivity index (χ1n) is 6.56. The molecular weight excluding hydrogens is 325 g/mol. The third kappa shape index (κ3) is 4.29. The molecule has 0 aromatic heterocycles. The third-order valence-corrected chi connectivity index (χ3v) is 3.67. The van der Waals surface area contributed by atoms with Gasteiger partial charge >= 0.3 is 0 Å². The van der Waals surface area contributed by atoms with Crippen LogP contribution < -0.4 is 14.8 Å². The minimum Gasteiger partial charge on any atom is -0.497 e. The van der Waals surface area contributed by atoms with Crippen molar-refractivity contribution in [2.24, 2.45) is 0 Å². The number of hydrogen-bond donors (Lipinski definition) is 1. The molecule has 1 atom stereocenters. The van der Waals surface area contributed by atoms with E-state index in [-0.39, 0.29) is 5.91 Å². The Morgan fingerprint density at radius 3 is 2.27 bits per heavy atom. The lowest BCUT2D eigenvalue weighted by Crippen LogP contribution is -2.30. The Labute approximate surface area is 138 Å². The number of ether oxygens (including phenoxy) is 2. The SMILES string of the molecule is COc1ccc(O[C@H](C)C(=O)Nc2ccc(Cl)c(Cl)c2)cc1. The number of benzene rings is 2. The summed E-state index contributed by atoms with van der Waals surface area (Å²) in [4.78, 5) is 12.1. The zero-order valence-electron chi connectivity index (χ0n) is 12.1. The monoisotopic (exact) mass is 339 g/mol. The predicted octanol–water partition coefficient (Wildman–Crippen LogP) is 4.41. The van der Waals surface area contributed by atoms with Crippen LogP contribution in [0.2, 0.25) is 10.0 Å². The molecule has 4 nitrogen and oxygen atoms in total. The van der Waals surface area contributed by atoms with E-state index in [4.69, 9.17) is 32.7 Å². The molecule has 0 aliphatic rings. The van der Waals surface area contributed by atoms with Gasteiger partial charge in [0.2, 0.25) is 0 Å². The predicted molar refractivity (Wildman–Crippen MR) is 88.2 cm³/mol. The fourth-order valence-electron chi connectivity index (χ4n) is 1.73. The Morgan fingerprint density at radius 2 is 1.68 bits per heavy atom. The van der Waals surface area contributed by atoms with Crippen molar-refractivity contribution < 1.29 is 14.3 Å². The molecule has 2 aromatic rings. The number of carbonyl (C=O) groups is 1. The summed E-state index contributed by atoms with van der Waals surface area (Å²) in [6.07, 6.45) is -0.664. The van der Waals surface area contributed by atoms with Crippen molar-refractivity contribution in [3.8, 4) is 11.5 Å². The molecule has 2 aromatic carbocycles. The largest absolute Gasteiger partial charge is 0.497 e. The van der Waals surface area contributed by atoms with Gasteiger partial charge in [-0.1, -0.05) is 23.2 Å². The van der Waals surface area contributed by atoms with E-state index in [1.807, 2.05) is 0 Å². The molecule has 0 aliphatic carbocycles. The van der Waals surface area contributed by atoms with Crippen LogP contribution >= 0.6 is 23.2 Å². The number of halogens is 2. The Bertz CT molecular complexity index is 659. The molecule has 1 amide bonds. The van der Waals surface area contributed by atoms with Gasteiger partial charge in [0.05, 0.1) is 17.2 Å². The van der Waals surface area contributed by atoms with Crippen molar-refractivity contribution in [3.05, 3.63) is 52.5 Å². The quantitative estimate of drug-likeness (QED) is 0.877. The van der Waals surface area contributed by atoms with Crippen LogP contribution in [0.3, 0.4) is 0 Å². The number of anilines is 1. The molecule has 0 aliphatic heterocycles. The lowest BCUT2D eigenvalue weighted by atomic mass is 10.3. The van der Waals surface area contributed by atoms with Crippen LogP contribution in [0.5, 0.6) is 11.5 Å². The maximum atomic E-state index is 12.1. The molecule has 0 radical (unpaired) electrons. The topological polar surface area (TPSA) is 47.6 Å². The van der Waals surface area contributed by atoms with Gasteiger partial charge in [0, 0.05) is 5.69 Å². The number of nitrogens with one attached hydrogen (secondary N) is 1. The van der Waals surface area contributed by atoms with Crippen molar-refractivity contribution in [1.29, 1.82) is 0 Å². The molecular formula is C16H15Cl2NO3. The fourth-order valence-corrected chi connectivity index (χ4v) is 2.03. The van der Waals surface area contributed by atoms with Crippen LogP contribution in [0.1, 0.15) is 6.92 Å². The molecule has 0 heterocycles. The summed E-state index contributed by atoms with van der Waals surface area (Å²) in [5, 5.41) is 3.53. The molecule has 0 fully saturated rings. The second-order valence-corrected chi connectivity index (χ2v) is 5.37. The Morgan fingerprint density at radius 1 is 1.05 bits per heavy atom. The Balaban J connectivity index is 1.97. The average molecular weight is 340 g/mol. The van der Waals surface area contributed by atoms with Crippen molar-refractivity contribution in [2.45, 2.75) is 13.0 Å². The van der Waals surface area contributed by atoms with Crippen LogP contribution in [-0.4, -0.2) is 19.1 Å². The molecule has 0 bridgehead atoms. The second kappa shape index (κ2) is 7.38. The van der Waals surface area contributed by atoms with E-state index in [1.165, 1.54) is 0 Å². The maximum absolute atomic E-state index is 12.1. The first-order chi connectivity index (χ1) is 10.5. The van der Waals surface area contributed by atoms with E-state index < -0.39 is 6.10 Å². The summed E-state index contributed by atoms with van der Waals surface area (Å²) < 4.78 is 10.6. The van der Waals surface area contributed by atoms with Crippen molar-refractivity contribution in [2.75, 3.05) is 12.4 Å². The van der Waals surface area contributed by atoms with Gasteiger partial charge in [0.15, 0.2) is 6.10 Å². The highest BCUT2D eigenvalue weighted by atomic mass is 35.5. The number of methoxy groups -OCH3 is 1. The van der Waals surface area contributed by atoms with Crippen molar-refractivity contribution in [1.82, 2.24) is 0 Å². The number of hydrogen-bond acceptors (Lipinski definition) is 3. The van der Waals surface area contributed by atoms with Gasteiger partial charge in [-0.05, 0) is 49.4 Å². The molecule has 22 heavy (non-hydrogen) atoms. The summed E-state index contributed by atoms with van der Waals surface area (Å²) in [6.45, 7) is 1.66. The number of amides is 1. The van der Waals surface area contributed by atoms with Crippen molar-refractivity contribution in [3.63, 3.8) is 0 Å². The van der Waals surface area contributed by atoms with Gasteiger partial charge in [0.1, 0.15) is 11.5 Å². The van der Waals surface area contributed by atoms with Crippen molar-refractivity contribution >= 4 is 34.8 Å². The first-order valence-corrected chi connectivity index (χ1v) is 7.32. The number of carbonyl (C=O) groups excluding carboxylic acids is 1.